The van der Waals surface area contributed by atoms with E-state index in [9.17, 15) is 9.59 Å². The lowest BCUT2D eigenvalue weighted by Gasteiger charge is -2.20. The third-order valence-corrected chi connectivity index (χ3v) is 5.09. The first-order chi connectivity index (χ1) is 12.5. The summed E-state index contributed by atoms with van der Waals surface area (Å²) < 4.78 is 5.22. The van der Waals surface area contributed by atoms with Crippen LogP contribution in [0, 0.1) is 5.92 Å². The molecular weight excluding hydrogens is 390 g/mol. The van der Waals surface area contributed by atoms with E-state index in [1.54, 1.807) is 17.0 Å². The predicted molar refractivity (Wildman–Crippen MR) is 108 cm³/mol. The summed E-state index contributed by atoms with van der Waals surface area (Å²) in [4.78, 5) is 33.2. The molecule has 0 radical (unpaired) electrons. The highest BCUT2D eigenvalue weighted by molar-refractivity contribution is 7.80. The van der Waals surface area contributed by atoms with Crippen LogP contribution in [0.2, 0.25) is 0 Å². The second-order valence-corrected chi connectivity index (χ2v) is 7.74. The van der Waals surface area contributed by atoms with Crippen molar-refractivity contribution in [3.63, 3.8) is 0 Å². The number of hydrogen-bond donors (Lipinski definition) is 2. The number of nitrogens with one attached hydrogen (secondary N) is 1. The molecule has 0 aliphatic carbocycles. The molecule has 0 aromatic carbocycles. The number of thiol groups is 1. The van der Waals surface area contributed by atoms with E-state index >= 15 is 0 Å². The summed E-state index contributed by atoms with van der Waals surface area (Å²) in [5.41, 5.74) is 2.73. The molecule has 6 nitrogen and oxygen atoms in total. The number of thiazole rings is 2. The van der Waals surface area contributed by atoms with Crippen molar-refractivity contribution >= 4 is 47.2 Å². The molecule has 0 aliphatic heterocycles. The Morgan fingerprint density at radius 3 is 2.81 bits per heavy atom. The molecule has 0 saturated heterocycles. The number of esters is 1. The normalized spacial score (nSPS) is 12.5. The van der Waals surface area contributed by atoms with Gasteiger partial charge in [-0.25, -0.2) is 14.8 Å². The van der Waals surface area contributed by atoms with Crippen LogP contribution in [0.25, 0.3) is 10.7 Å². The third-order valence-electron chi connectivity index (χ3n) is 3.38. The van der Waals surface area contributed by atoms with Gasteiger partial charge in [-0.15, -0.1) is 22.7 Å². The maximum atomic E-state index is 12.4. The van der Waals surface area contributed by atoms with Crippen molar-refractivity contribution in [1.82, 2.24) is 15.3 Å². The lowest BCUT2D eigenvalue weighted by molar-refractivity contribution is -0.145. The molecular formula is C17H21N3O3S3. The number of nitrogens with zero attached hydrogens (tertiary/aromatic N) is 2. The molecule has 2 aromatic rings. The van der Waals surface area contributed by atoms with E-state index in [1.807, 2.05) is 25.3 Å². The van der Waals surface area contributed by atoms with Crippen molar-refractivity contribution in [1.29, 1.82) is 0 Å². The van der Waals surface area contributed by atoms with Gasteiger partial charge in [0.15, 0.2) is 0 Å². The van der Waals surface area contributed by atoms with Crippen LogP contribution in [0.1, 0.15) is 30.8 Å². The lowest BCUT2D eigenvalue weighted by Crippen LogP contribution is -2.45. The molecule has 140 valence electrons. The molecule has 0 spiro atoms. The molecule has 1 unspecified atom stereocenters. The fourth-order valence-corrected chi connectivity index (χ4v) is 3.53. The number of carbonyl (C=O) groups excluding carboxylic acids is 2. The van der Waals surface area contributed by atoms with E-state index in [4.69, 9.17) is 4.74 Å². The van der Waals surface area contributed by atoms with Crippen molar-refractivity contribution in [3.8, 4) is 10.7 Å². The van der Waals surface area contributed by atoms with Gasteiger partial charge >= 0.3 is 5.97 Å². The Hall–Kier alpha value is -1.71. The summed E-state index contributed by atoms with van der Waals surface area (Å²) in [6.45, 7) is 3.88. The van der Waals surface area contributed by atoms with Crippen molar-refractivity contribution < 1.29 is 14.3 Å². The minimum absolute atomic E-state index is 0.107. The van der Waals surface area contributed by atoms with Gasteiger partial charge in [0, 0.05) is 10.8 Å². The highest BCUT2D eigenvalue weighted by Crippen LogP contribution is 2.23. The smallest absolute Gasteiger partial charge is 0.329 e. The summed E-state index contributed by atoms with van der Waals surface area (Å²) in [6.07, 6.45) is 4.49. The molecule has 1 atom stereocenters. The average Bonchev–Trinajstić information content (AvgIpc) is 3.29. The number of rotatable bonds is 9. The lowest BCUT2D eigenvalue weighted by atomic mass is 10.0. The zero-order valence-corrected chi connectivity index (χ0v) is 17.1. The standard InChI is InChI=1S/C17H21N3O3S3/c1-11(2)14(17(22)23-6-4-3-5-7-24)20-15(21)12-9-26-16(19-12)13-8-25-10-18-13/h3-4,8-11,14,24H,5-7H2,1-2H3,(H,20,21)/b4-3+. The Balaban J connectivity index is 1.96. The Morgan fingerprint density at radius 2 is 2.15 bits per heavy atom. The predicted octanol–water partition coefficient (Wildman–Crippen LogP) is 3.44. The van der Waals surface area contributed by atoms with Crippen molar-refractivity contribution in [2.24, 2.45) is 5.92 Å². The average molecular weight is 412 g/mol. The quantitative estimate of drug-likeness (QED) is 0.375. The monoisotopic (exact) mass is 411 g/mol. The summed E-state index contributed by atoms with van der Waals surface area (Å²) in [7, 11) is 0. The number of aromatic nitrogens is 2. The second kappa shape index (κ2) is 10.4. The van der Waals surface area contributed by atoms with Gasteiger partial charge in [-0.2, -0.15) is 12.6 Å². The molecule has 2 heterocycles. The highest BCUT2D eigenvalue weighted by atomic mass is 32.1. The highest BCUT2D eigenvalue weighted by Gasteiger charge is 2.27. The van der Waals surface area contributed by atoms with E-state index in [0.29, 0.717) is 5.01 Å². The van der Waals surface area contributed by atoms with Gasteiger partial charge in [-0.1, -0.05) is 26.0 Å². The Kier molecular flexibility index (Phi) is 8.27. The van der Waals surface area contributed by atoms with Gasteiger partial charge < -0.3 is 10.1 Å². The summed E-state index contributed by atoms with van der Waals surface area (Å²) in [5, 5.41) is 6.93. The Bertz CT molecular complexity index is 742. The summed E-state index contributed by atoms with van der Waals surface area (Å²) in [6, 6.07) is -0.731. The van der Waals surface area contributed by atoms with E-state index in [0.717, 1.165) is 17.9 Å². The first-order valence-corrected chi connectivity index (χ1v) is 10.6. The first-order valence-electron chi connectivity index (χ1n) is 8.10. The largest absolute Gasteiger partial charge is 0.460 e. The molecule has 0 bridgehead atoms. The van der Waals surface area contributed by atoms with E-state index in [-0.39, 0.29) is 18.2 Å². The van der Waals surface area contributed by atoms with Crippen LogP contribution >= 0.6 is 35.3 Å². The van der Waals surface area contributed by atoms with Crippen molar-refractivity contribution in [2.75, 3.05) is 12.4 Å². The van der Waals surface area contributed by atoms with Gasteiger partial charge in [0.1, 0.15) is 29.0 Å². The molecule has 26 heavy (non-hydrogen) atoms. The molecule has 1 N–H and O–H groups in total. The van der Waals surface area contributed by atoms with Gasteiger partial charge in [-0.3, -0.25) is 4.79 Å². The molecule has 2 aromatic heterocycles. The van der Waals surface area contributed by atoms with Crippen LogP contribution in [0.3, 0.4) is 0 Å². The molecule has 0 saturated carbocycles. The van der Waals surface area contributed by atoms with Crippen molar-refractivity contribution in [3.05, 3.63) is 34.1 Å². The van der Waals surface area contributed by atoms with Crippen LogP contribution in [0.5, 0.6) is 0 Å². The van der Waals surface area contributed by atoms with Crippen molar-refractivity contribution in [2.45, 2.75) is 26.3 Å². The Morgan fingerprint density at radius 1 is 1.35 bits per heavy atom. The first kappa shape index (κ1) is 20.6. The van der Waals surface area contributed by atoms with Crippen LogP contribution in [-0.4, -0.2) is 40.2 Å². The van der Waals surface area contributed by atoms with E-state index < -0.39 is 17.9 Å². The number of ether oxygens (including phenoxy) is 1. The van der Waals surface area contributed by atoms with Crippen LogP contribution in [0.15, 0.2) is 28.4 Å². The maximum Gasteiger partial charge on any atom is 0.329 e. The van der Waals surface area contributed by atoms with Gasteiger partial charge in [0.25, 0.3) is 5.91 Å². The van der Waals surface area contributed by atoms with Gasteiger partial charge in [0.2, 0.25) is 0 Å². The minimum Gasteiger partial charge on any atom is -0.460 e. The number of carbonyl (C=O) groups is 2. The zero-order chi connectivity index (χ0) is 18.9. The summed E-state index contributed by atoms with van der Waals surface area (Å²) >= 11 is 6.91. The van der Waals surface area contributed by atoms with Crippen LogP contribution in [-0.2, 0) is 9.53 Å². The molecule has 0 fully saturated rings. The second-order valence-electron chi connectivity index (χ2n) is 5.72. The molecule has 9 heteroatoms. The molecule has 1 amide bonds. The fourth-order valence-electron chi connectivity index (χ4n) is 2.01. The summed E-state index contributed by atoms with van der Waals surface area (Å²) in [5.74, 6) is -0.224. The van der Waals surface area contributed by atoms with Gasteiger partial charge in [-0.05, 0) is 18.1 Å². The minimum atomic E-state index is -0.731. The van der Waals surface area contributed by atoms with Crippen LogP contribution < -0.4 is 5.32 Å². The topological polar surface area (TPSA) is 81.2 Å². The van der Waals surface area contributed by atoms with E-state index in [2.05, 4.69) is 27.9 Å². The maximum absolute atomic E-state index is 12.4. The van der Waals surface area contributed by atoms with Crippen LogP contribution in [0.4, 0.5) is 0 Å². The number of amides is 1. The Labute approximate surface area is 166 Å². The van der Waals surface area contributed by atoms with Gasteiger partial charge in [0.05, 0.1) is 5.51 Å². The molecule has 2 rings (SSSR count). The zero-order valence-electron chi connectivity index (χ0n) is 14.5. The third kappa shape index (κ3) is 5.93. The van der Waals surface area contributed by atoms with E-state index in [1.165, 1.54) is 22.7 Å². The fraction of sp³-hybridized carbons (Fsp3) is 0.412. The number of allylic oxidation sites excluding steroid dienone is 1. The molecule has 0 aliphatic rings. The number of hydrogen-bond acceptors (Lipinski definition) is 8. The SMILES string of the molecule is CC(C)C(NC(=O)c1csc(-c2cscn2)n1)C(=O)OC/C=C/CCS.